The Morgan fingerprint density at radius 3 is 2.09 bits per heavy atom. The average Bonchev–Trinajstić information content (AvgIpc) is 3.19. The Morgan fingerprint density at radius 2 is 1.47 bits per heavy atom. The van der Waals surface area contributed by atoms with E-state index in [9.17, 15) is 13.0 Å². The molecule has 6 rings (SSSR count). The Kier molecular flexibility index (Phi) is 12.5. The lowest BCUT2D eigenvalue weighted by Crippen LogP contribution is -2.22. The third-order valence-electron chi connectivity index (χ3n) is 9.86. The van der Waals surface area contributed by atoms with Gasteiger partial charge in [0.2, 0.25) is 0 Å². The molecular weight excluding hydrogens is 703 g/mol. The topological polar surface area (TPSA) is 84.7 Å². The van der Waals surface area contributed by atoms with E-state index < -0.39 is 10.1 Å². The Balaban J connectivity index is 1.38. The van der Waals surface area contributed by atoms with Crippen LogP contribution in [0.25, 0.3) is 5.57 Å². The molecule has 0 unspecified atom stereocenters. The molecule has 0 aliphatic heterocycles. The molecule has 8 heteroatoms. The Hall–Kier alpha value is -5.70. The predicted octanol–water partition coefficient (Wildman–Crippen LogP) is 10.1. The molecule has 0 amide bonds. The summed E-state index contributed by atoms with van der Waals surface area (Å²) in [6.45, 7) is 14.1. The Morgan fingerprint density at radius 1 is 0.782 bits per heavy atom. The summed E-state index contributed by atoms with van der Waals surface area (Å²) in [5.74, 6) is 0.846. The van der Waals surface area contributed by atoms with Gasteiger partial charge >= 0.3 is 0 Å². The zero-order valence-corrected chi connectivity index (χ0v) is 33.1. The fourth-order valence-corrected chi connectivity index (χ4v) is 7.53. The Bertz CT molecular complexity index is 2360. The van der Waals surface area contributed by atoms with Crippen LogP contribution in [0, 0.1) is 6.92 Å². The van der Waals surface area contributed by atoms with Crippen molar-refractivity contribution in [3.05, 3.63) is 179 Å². The number of ether oxygens (including phenoxy) is 1. The van der Waals surface area contributed by atoms with Crippen LogP contribution < -0.4 is 15.0 Å². The van der Waals surface area contributed by atoms with E-state index in [0.29, 0.717) is 19.7 Å². The third kappa shape index (κ3) is 9.70. The summed E-state index contributed by atoms with van der Waals surface area (Å²) >= 11 is 0. The SMILES string of the molecule is CCOc1ccc(Nc2ccc(/C(=C3\C=CC(=[N+](CC)Cc4cccc(S(=O)(=O)[O-])c4)C=C3C)c3ccc(N(CC)Cc4ccccc4)cc3C)cc2)cc1. The van der Waals surface area contributed by atoms with Gasteiger partial charge in [-0.2, -0.15) is 0 Å². The van der Waals surface area contributed by atoms with Gasteiger partial charge in [-0.3, -0.25) is 0 Å². The van der Waals surface area contributed by atoms with E-state index in [2.05, 4.69) is 134 Å². The van der Waals surface area contributed by atoms with Crippen molar-refractivity contribution in [3.63, 3.8) is 0 Å². The van der Waals surface area contributed by atoms with Crippen molar-refractivity contribution in [2.24, 2.45) is 0 Å². The van der Waals surface area contributed by atoms with Gasteiger partial charge in [0.25, 0.3) is 0 Å². The highest BCUT2D eigenvalue weighted by atomic mass is 32.2. The van der Waals surface area contributed by atoms with Gasteiger partial charge in [-0.1, -0.05) is 60.7 Å². The number of hydrogen-bond acceptors (Lipinski definition) is 6. The van der Waals surface area contributed by atoms with Gasteiger partial charge in [-0.15, -0.1) is 0 Å². The second-order valence-electron chi connectivity index (χ2n) is 13.6. The summed E-state index contributed by atoms with van der Waals surface area (Å²) in [4.78, 5) is 2.19. The first-order valence-electron chi connectivity index (χ1n) is 18.8. The molecule has 0 bridgehead atoms. The van der Waals surface area contributed by atoms with E-state index in [0.717, 1.165) is 69.3 Å². The maximum absolute atomic E-state index is 11.7. The first-order valence-corrected chi connectivity index (χ1v) is 20.2. The van der Waals surface area contributed by atoms with Crippen LogP contribution >= 0.6 is 0 Å². The van der Waals surface area contributed by atoms with Crippen molar-refractivity contribution >= 4 is 38.5 Å². The number of nitrogens with one attached hydrogen (secondary N) is 1. The van der Waals surface area contributed by atoms with Crippen molar-refractivity contribution in [2.45, 2.75) is 52.6 Å². The van der Waals surface area contributed by atoms with Crippen LogP contribution in [0.1, 0.15) is 55.5 Å². The largest absolute Gasteiger partial charge is 0.744 e. The molecule has 0 atom stereocenters. The van der Waals surface area contributed by atoms with Crippen molar-refractivity contribution < 1.29 is 22.3 Å². The van der Waals surface area contributed by atoms with Crippen LogP contribution in [0.15, 0.2) is 156 Å². The lowest BCUT2D eigenvalue weighted by atomic mass is 9.85. The van der Waals surface area contributed by atoms with Gasteiger partial charge in [0.05, 0.1) is 11.5 Å². The molecule has 0 fully saturated rings. The van der Waals surface area contributed by atoms with Crippen molar-refractivity contribution in [1.29, 1.82) is 0 Å². The molecule has 0 radical (unpaired) electrons. The first kappa shape index (κ1) is 39.0. The van der Waals surface area contributed by atoms with Gasteiger partial charge in [-0.05, 0) is 140 Å². The quantitative estimate of drug-likeness (QED) is 0.0899. The minimum absolute atomic E-state index is 0.212. The predicted molar refractivity (Wildman–Crippen MR) is 225 cm³/mol. The molecule has 1 N–H and O–H groups in total. The lowest BCUT2D eigenvalue weighted by molar-refractivity contribution is -0.539. The van der Waals surface area contributed by atoms with Gasteiger partial charge in [0, 0.05) is 47.9 Å². The lowest BCUT2D eigenvalue weighted by Gasteiger charge is -2.25. The van der Waals surface area contributed by atoms with E-state index in [1.807, 2.05) is 37.3 Å². The number of hydrogen-bond donors (Lipinski definition) is 1. The molecule has 7 nitrogen and oxygen atoms in total. The van der Waals surface area contributed by atoms with E-state index in [4.69, 9.17) is 4.74 Å². The van der Waals surface area contributed by atoms with Gasteiger partial charge in [-0.25, -0.2) is 13.0 Å². The van der Waals surface area contributed by atoms with E-state index in [1.54, 1.807) is 6.07 Å². The standard InChI is InChI=1S/C47H49N3O4S/c1-6-49(32-36-13-10-9-11-14-36)41-23-27-45(34(4)29-41)47(38-17-19-39(20-18-38)48-40-21-25-43(26-22-40)54-8-3)46-28-24-42(30-35(46)5)50(7-2)33-37-15-12-16-44(31-37)55(51,52)53/h9-31H,6-8,32-33H2,1-5H3,(H,51,52,53). The van der Waals surface area contributed by atoms with Crippen molar-refractivity contribution in [1.82, 2.24) is 0 Å². The summed E-state index contributed by atoms with van der Waals surface area (Å²) in [6.07, 6.45) is 6.51. The maximum Gasteiger partial charge on any atom is 0.200 e. The highest BCUT2D eigenvalue weighted by Crippen LogP contribution is 2.37. The molecule has 0 spiro atoms. The number of allylic oxidation sites excluding steroid dienone is 5. The van der Waals surface area contributed by atoms with Crippen LogP contribution in [-0.4, -0.2) is 43.0 Å². The molecule has 282 valence electrons. The molecule has 1 aliphatic rings. The summed E-state index contributed by atoms with van der Waals surface area (Å²) in [5.41, 5.74) is 13.0. The van der Waals surface area contributed by atoms with Crippen LogP contribution in [0.2, 0.25) is 0 Å². The van der Waals surface area contributed by atoms with Crippen LogP contribution in [-0.2, 0) is 23.2 Å². The molecule has 0 aromatic heterocycles. The number of aryl methyl sites for hydroxylation is 1. The smallest absolute Gasteiger partial charge is 0.200 e. The van der Waals surface area contributed by atoms with E-state index in [-0.39, 0.29) is 4.90 Å². The highest BCUT2D eigenvalue weighted by molar-refractivity contribution is 7.85. The van der Waals surface area contributed by atoms with E-state index in [1.165, 1.54) is 28.9 Å². The van der Waals surface area contributed by atoms with Crippen molar-refractivity contribution in [2.75, 3.05) is 29.9 Å². The zero-order chi connectivity index (χ0) is 39.0. The fraction of sp³-hybridized carbons (Fsp3) is 0.213. The number of nitrogens with zero attached hydrogens (tertiary/aromatic N) is 2. The van der Waals surface area contributed by atoms with E-state index >= 15 is 0 Å². The third-order valence-corrected chi connectivity index (χ3v) is 10.7. The van der Waals surface area contributed by atoms with Crippen LogP contribution in [0.4, 0.5) is 17.1 Å². The van der Waals surface area contributed by atoms with Gasteiger partial charge in [0.1, 0.15) is 22.4 Å². The minimum Gasteiger partial charge on any atom is -0.744 e. The molecule has 5 aromatic rings. The fourth-order valence-electron chi connectivity index (χ4n) is 6.99. The van der Waals surface area contributed by atoms with Crippen LogP contribution in [0.5, 0.6) is 5.75 Å². The minimum atomic E-state index is -4.54. The molecule has 55 heavy (non-hydrogen) atoms. The van der Waals surface area contributed by atoms with Crippen molar-refractivity contribution in [3.8, 4) is 5.75 Å². The zero-order valence-electron chi connectivity index (χ0n) is 32.3. The molecule has 1 aliphatic carbocycles. The monoisotopic (exact) mass is 751 g/mol. The molecule has 0 saturated carbocycles. The summed E-state index contributed by atoms with van der Waals surface area (Å²) in [7, 11) is -4.54. The molecular formula is C47H49N3O4S. The van der Waals surface area contributed by atoms with Gasteiger partial charge < -0.3 is 19.5 Å². The van der Waals surface area contributed by atoms with Crippen LogP contribution in [0.3, 0.4) is 0 Å². The first-order chi connectivity index (χ1) is 26.6. The number of rotatable bonds is 14. The average molecular weight is 752 g/mol. The number of benzene rings is 5. The second kappa shape index (κ2) is 17.6. The molecule has 0 saturated heterocycles. The Labute approximate surface area is 326 Å². The summed E-state index contributed by atoms with van der Waals surface area (Å²) in [5, 5.41) is 3.52. The highest BCUT2D eigenvalue weighted by Gasteiger charge is 2.21. The normalized spacial score (nSPS) is 14.6. The summed E-state index contributed by atoms with van der Waals surface area (Å²) < 4.78 is 42.9. The van der Waals surface area contributed by atoms with Gasteiger partial charge in [0.15, 0.2) is 12.3 Å². The molecule has 5 aromatic carbocycles. The second-order valence-corrected chi connectivity index (χ2v) is 15.0. The number of anilines is 3. The maximum atomic E-state index is 11.7. The molecule has 0 heterocycles. The summed E-state index contributed by atoms with van der Waals surface area (Å²) in [6, 6.07) is 40.2.